The first kappa shape index (κ1) is 23.9. The summed E-state index contributed by atoms with van der Waals surface area (Å²) in [6, 6.07) is 7.32. The molecule has 1 N–H and O–H groups in total. The first-order valence-electron chi connectivity index (χ1n) is 9.71. The number of carbonyl (C=O) groups excluding carboxylic acids is 1. The number of ether oxygens (including phenoxy) is 2. The van der Waals surface area contributed by atoms with E-state index in [0.717, 1.165) is 4.90 Å². The smallest absolute Gasteiger partial charge is 0.373 e. The molecule has 0 unspecified atom stereocenters. The van der Waals surface area contributed by atoms with Crippen LogP contribution in [0.25, 0.3) is 11.4 Å². The number of carboxylic acid groups (broad SMARTS) is 1. The third-order valence-corrected chi connectivity index (χ3v) is 5.08. The van der Waals surface area contributed by atoms with Crippen molar-refractivity contribution >= 4 is 23.7 Å². The summed E-state index contributed by atoms with van der Waals surface area (Å²) in [5.41, 5.74) is 0.139. The Kier molecular flexibility index (Phi) is 7.65. The Morgan fingerprint density at radius 3 is 2.30 bits per heavy atom. The van der Waals surface area contributed by atoms with Gasteiger partial charge in [0.2, 0.25) is 5.82 Å². The van der Waals surface area contributed by atoms with E-state index in [1.165, 1.54) is 16.4 Å². The summed E-state index contributed by atoms with van der Waals surface area (Å²) < 4.78 is 11.4. The monoisotopic (exact) mass is 435 g/mol. The fourth-order valence-corrected chi connectivity index (χ4v) is 3.47. The number of aromatic nitrogens is 3. The van der Waals surface area contributed by atoms with E-state index in [1.807, 2.05) is 53.7 Å². The average Bonchev–Trinajstić information content (AvgIpc) is 3.05. The molecule has 0 amide bonds. The minimum absolute atomic E-state index is 0.130. The second-order valence-electron chi connectivity index (χ2n) is 8.12. The van der Waals surface area contributed by atoms with Crippen LogP contribution >= 0.6 is 11.8 Å². The van der Waals surface area contributed by atoms with Crippen LogP contribution < -0.4 is 0 Å². The normalized spacial score (nSPS) is 12.1. The zero-order chi connectivity index (χ0) is 22.5. The summed E-state index contributed by atoms with van der Waals surface area (Å²) in [5.74, 6) is -1.23. The molecule has 2 aromatic rings. The van der Waals surface area contributed by atoms with E-state index in [9.17, 15) is 14.7 Å². The highest BCUT2D eigenvalue weighted by atomic mass is 32.2. The zero-order valence-electron chi connectivity index (χ0n) is 18.3. The second kappa shape index (κ2) is 9.61. The molecule has 1 aromatic heterocycles. The topological polar surface area (TPSA) is 104 Å². The van der Waals surface area contributed by atoms with Gasteiger partial charge in [-0.05, 0) is 53.7 Å². The molecule has 0 bridgehead atoms. The Bertz CT molecular complexity index is 885. The van der Waals surface area contributed by atoms with Crippen LogP contribution in [-0.2, 0) is 20.8 Å². The maximum absolute atomic E-state index is 12.5. The highest BCUT2D eigenvalue weighted by Gasteiger charge is 2.33. The molecule has 1 heterocycles. The van der Waals surface area contributed by atoms with E-state index in [-0.39, 0.29) is 11.8 Å². The summed E-state index contributed by atoms with van der Waals surface area (Å²) in [7, 11) is 0. The van der Waals surface area contributed by atoms with Gasteiger partial charge in [-0.25, -0.2) is 14.5 Å². The van der Waals surface area contributed by atoms with Gasteiger partial charge in [-0.15, -0.1) is 11.8 Å². The molecular weight excluding hydrogens is 406 g/mol. The maximum Gasteiger partial charge on any atom is 0.373 e. The summed E-state index contributed by atoms with van der Waals surface area (Å²) in [5, 5.41) is 13.7. The van der Waals surface area contributed by atoms with Crippen LogP contribution in [0.4, 0.5) is 0 Å². The molecule has 0 aliphatic carbocycles. The van der Waals surface area contributed by atoms with Crippen LogP contribution in [0, 0.1) is 0 Å². The van der Waals surface area contributed by atoms with Crippen LogP contribution in [0.1, 0.15) is 52.2 Å². The number of aromatic carboxylic acids is 1. The fraction of sp³-hybridized carbons (Fsp3) is 0.524. The minimum atomic E-state index is -1.14. The van der Waals surface area contributed by atoms with E-state index < -0.39 is 16.3 Å². The molecule has 8 nitrogen and oxygen atoms in total. The van der Waals surface area contributed by atoms with Crippen LogP contribution in [-0.4, -0.2) is 55.4 Å². The van der Waals surface area contributed by atoms with Crippen molar-refractivity contribution < 1.29 is 24.2 Å². The van der Waals surface area contributed by atoms with Gasteiger partial charge in [-0.1, -0.05) is 12.1 Å². The van der Waals surface area contributed by atoms with Crippen molar-refractivity contribution in [1.82, 2.24) is 14.8 Å². The van der Waals surface area contributed by atoms with E-state index in [2.05, 4.69) is 10.1 Å². The number of benzene rings is 1. The predicted octanol–water partition coefficient (Wildman–Crippen LogP) is 3.89. The van der Waals surface area contributed by atoms with Crippen molar-refractivity contribution in [1.29, 1.82) is 0 Å². The highest BCUT2D eigenvalue weighted by Crippen LogP contribution is 2.35. The maximum atomic E-state index is 12.5. The summed E-state index contributed by atoms with van der Waals surface area (Å²) in [6.07, 6.45) is 0. The minimum Gasteiger partial charge on any atom is -0.475 e. The van der Waals surface area contributed by atoms with Gasteiger partial charge in [-0.2, -0.15) is 5.10 Å². The number of esters is 1. The molecular formula is C21H29N3O5S. The van der Waals surface area contributed by atoms with Crippen LogP contribution in [0.15, 0.2) is 29.2 Å². The van der Waals surface area contributed by atoms with Crippen molar-refractivity contribution in [2.24, 2.45) is 0 Å². The number of thioether (sulfide) groups is 1. The van der Waals surface area contributed by atoms with Crippen molar-refractivity contribution in [3.05, 3.63) is 30.1 Å². The standard InChI is InChI=1S/C21H29N3O5S/c1-7-28-13-12-24-17(18(25)26)22-16(23-24)14-8-10-15(11-9-14)30-21(5,6)19(27)29-20(2,3)4/h8-11H,7,12-13H2,1-6H3,(H,25,26). The lowest BCUT2D eigenvalue weighted by molar-refractivity contribution is -0.156. The third-order valence-electron chi connectivity index (χ3n) is 3.89. The molecule has 30 heavy (non-hydrogen) atoms. The Morgan fingerprint density at radius 2 is 1.77 bits per heavy atom. The molecule has 1 aromatic carbocycles. The highest BCUT2D eigenvalue weighted by molar-refractivity contribution is 8.01. The molecule has 9 heteroatoms. The largest absolute Gasteiger partial charge is 0.475 e. The molecule has 0 atom stereocenters. The first-order valence-corrected chi connectivity index (χ1v) is 10.5. The number of hydrogen-bond acceptors (Lipinski definition) is 7. The van der Waals surface area contributed by atoms with E-state index >= 15 is 0 Å². The molecule has 0 spiro atoms. The van der Waals surface area contributed by atoms with Crippen molar-refractivity contribution in [2.75, 3.05) is 13.2 Å². The molecule has 2 rings (SSSR count). The molecule has 0 saturated heterocycles. The molecule has 0 aliphatic heterocycles. The zero-order valence-corrected chi connectivity index (χ0v) is 19.1. The van der Waals surface area contributed by atoms with Gasteiger partial charge in [0.15, 0.2) is 5.82 Å². The van der Waals surface area contributed by atoms with Gasteiger partial charge in [-0.3, -0.25) is 4.79 Å². The lowest BCUT2D eigenvalue weighted by Gasteiger charge is -2.28. The summed E-state index contributed by atoms with van der Waals surface area (Å²) in [4.78, 5) is 28.9. The van der Waals surface area contributed by atoms with Crippen LogP contribution in [0.3, 0.4) is 0 Å². The van der Waals surface area contributed by atoms with Crippen LogP contribution in [0.2, 0.25) is 0 Å². The molecule has 164 valence electrons. The Balaban J connectivity index is 2.16. The van der Waals surface area contributed by atoms with E-state index in [0.29, 0.717) is 31.1 Å². The second-order valence-corrected chi connectivity index (χ2v) is 9.82. The quantitative estimate of drug-likeness (QED) is 0.359. The Morgan fingerprint density at radius 1 is 1.13 bits per heavy atom. The van der Waals surface area contributed by atoms with Crippen molar-refractivity contribution in [3.63, 3.8) is 0 Å². The van der Waals surface area contributed by atoms with Gasteiger partial charge >= 0.3 is 11.9 Å². The summed E-state index contributed by atoms with van der Waals surface area (Å²) in [6.45, 7) is 12.2. The lowest BCUT2D eigenvalue weighted by atomic mass is 10.1. The number of carbonyl (C=O) groups is 2. The van der Waals surface area contributed by atoms with Gasteiger partial charge < -0.3 is 14.6 Å². The van der Waals surface area contributed by atoms with Gasteiger partial charge in [0.25, 0.3) is 0 Å². The number of rotatable bonds is 9. The number of carboxylic acids is 1. The third kappa shape index (κ3) is 6.56. The number of hydrogen-bond donors (Lipinski definition) is 1. The van der Waals surface area contributed by atoms with Crippen molar-refractivity contribution in [3.8, 4) is 11.4 Å². The SMILES string of the molecule is CCOCCn1nc(-c2ccc(SC(C)(C)C(=O)OC(C)(C)C)cc2)nc1C(=O)O. The first-order chi connectivity index (χ1) is 13.9. The van der Waals surface area contributed by atoms with Gasteiger partial charge in [0.1, 0.15) is 10.3 Å². The lowest BCUT2D eigenvalue weighted by Crippen LogP contribution is -2.36. The summed E-state index contributed by atoms with van der Waals surface area (Å²) >= 11 is 1.39. The van der Waals surface area contributed by atoms with E-state index in [4.69, 9.17) is 9.47 Å². The van der Waals surface area contributed by atoms with Gasteiger partial charge in [0.05, 0.1) is 13.2 Å². The Hall–Kier alpha value is -2.39. The predicted molar refractivity (Wildman–Crippen MR) is 115 cm³/mol. The van der Waals surface area contributed by atoms with Crippen LogP contribution in [0.5, 0.6) is 0 Å². The molecule has 0 radical (unpaired) electrons. The van der Waals surface area contributed by atoms with Crippen molar-refractivity contribution in [2.45, 2.75) is 63.3 Å². The average molecular weight is 436 g/mol. The molecule has 0 fully saturated rings. The number of nitrogens with zero attached hydrogens (tertiary/aromatic N) is 3. The Labute approximate surface area is 181 Å². The van der Waals surface area contributed by atoms with E-state index in [1.54, 1.807) is 12.1 Å². The fourth-order valence-electron chi connectivity index (χ4n) is 2.48. The molecule has 0 aliphatic rings. The van der Waals surface area contributed by atoms with Gasteiger partial charge in [0, 0.05) is 17.1 Å². The molecule has 0 saturated carbocycles.